The van der Waals surface area contributed by atoms with Gasteiger partial charge in [-0.15, -0.1) is 11.3 Å². The van der Waals surface area contributed by atoms with Crippen molar-refractivity contribution in [1.82, 2.24) is 4.98 Å². The zero-order valence-electron chi connectivity index (χ0n) is 9.32. The van der Waals surface area contributed by atoms with Crippen LogP contribution in [0.15, 0.2) is 18.2 Å². The molecular formula is C11H12BNO2S. The summed E-state index contributed by atoms with van der Waals surface area (Å²) in [6.45, 7) is 2.22. The molecule has 16 heavy (non-hydrogen) atoms. The minimum Gasteiger partial charge on any atom is -0.466 e. The highest BCUT2D eigenvalue weighted by molar-refractivity contribution is 7.18. The van der Waals surface area contributed by atoms with Crippen LogP contribution in [0, 0.1) is 0 Å². The first-order valence-electron chi connectivity index (χ1n) is 5.20. The Labute approximate surface area is 98.9 Å². The summed E-state index contributed by atoms with van der Waals surface area (Å²) in [6, 6.07) is 6.09. The number of carbonyl (C=O) groups is 1. The van der Waals surface area contributed by atoms with E-state index in [0.717, 1.165) is 15.2 Å². The predicted molar refractivity (Wildman–Crippen MR) is 68.1 cm³/mol. The van der Waals surface area contributed by atoms with Gasteiger partial charge in [0.1, 0.15) is 12.9 Å². The van der Waals surface area contributed by atoms with E-state index < -0.39 is 0 Å². The minimum absolute atomic E-state index is 0.210. The second kappa shape index (κ2) is 4.66. The van der Waals surface area contributed by atoms with E-state index in [1.165, 1.54) is 5.46 Å². The SMILES string of the molecule is Bc1ccc2nc(CC(=O)OCC)sc2c1. The van der Waals surface area contributed by atoms with Crippen molar-refractivity contribution in [2.75, 3.05) is 6.61 Å². The molecule has 0 N–H and O–H groups in total. The van der Waals surface area contributed by atoms with Crippen molar-refractivity contribution < 1.29 is 9.53 Å². The molecule has 0 spiro atoms. The Hall–Kier alpha value is -1.36. The summed E-state index contributed by atoms with van der Waals surface area (Å²) in [5.41, 5.74) is 2.16. The van der Waals surface area contributed by atoms with Gasteiger partial charge in [0.25, 0.3) is 0 Å². The van der Waals surface area contributed by atoms with E-state index in [1.807, 2.05) is 20.0 Å². The fraction of sp³-hybridized carbons (Fsp3) is 0.273. The fourth-order valence-electron chi connectivity index (χ4n) is 1.49. The third kappa shape index (κ3) is 2.42. The number of thiazole rings is 1. The van der Waals surface area contributed by atoms with Crippen molar-refractivity contribution in [2.45, 2.75) is 13.3 Å². The molecule has 0 unspecified atom stereocenters. The van der Waals surface area contributed by atoms with Gasteiger partial charge in [-0.05, 0) is 19.1 Å². The third-order valence-corrected chi connectivity index (χ3v) is 3.21. The first-order valence-corrected chi connectivity index (χ1v) is 6.02. The molecule has 0 radical (unpaired) electrons. The average molecular weight is 233 g/mol. The Morgan fingerprint density at radius 1 is 1.56 bits per heavy atom. The summed E-state index contributed by atoms with van der Waals surface area (Å²) in [5, 5.41) is 0.819. The van der Waals surface area contributed by atoms with Crippen molar-refractivity contribution in [1.29, 1.82) is 0 Å². The standard InChI is InChI=1S/C11H12BNO2S/c1-2-15-11(14)6-10-13-8-4-3-7(12)5-9(8)16-10/h3-5H,2,6,12H2,1H3. The Balaban J connectivity index is 2.23. The second-order valence-corrected chi connectivity index (χ2v) is 4.68. The van der Waals surface area contributed by atoms with Crippen molar-refractivity contribution in [2.24, 2.45) is 0 Å². The Bertz CT molecular complexity index is 524. The molecule has 1 heterocycles. The van der Waals surface area contributed by atoms with Crippen molar-refractivity contribution in [3.8, 4) is 0 Å². The van der Waals surface area contributed by atoms with Gasteiger partial charge in [0.2, 0.25) is 0 Å². The van der Waals surface area contributed by atoms with Gasteiger partial charge in [-0.2, -0.15) is 0 Å². The summed E-state index contributed by atoms with van der Waals surface area (Å²) in [4.78, 5) is 15.7. The average Bonchev–Trinajstić information content (AvgIpc) is 2.59. The monoisotopic (exact) mass is 233 g/mol. The van der Waals surface area contributed by atoms with Crippen LogP contribution >= 0.6 is 11.3 Å². The molecule has 0 amide bonds. The molecule has 0 aliphatic heterocycles. The Morgan fingerprint density at radius 3 is 3.12 bits per heavy atom. The number of rotatable bonds is 3. The van der Waals surface area contributed by atoms with Crippen LogP contribution in [0.1, 0.15) is 11.9 Å². The summed E-state index contributed by atoms with van der Waals surface area (Å²) < 4.78 is 6.02. The third-order valence-electron chi connectivity index (χ3n) is 2.19. The lowest BCUT2D eigenvalue weighted by atomic mass is 9.97. The number of ether oxygens (including phenoxy) is 1. The number of carbonyl (C=O) groups excluding carboxylic acids is 1. The maximum atomic E-state index is 11.3. The number of esters is 1. The van der Waals surface area contributed by atoms with Crippen molar-refractivity contribution in [3.63, 3.8) is 0 Å². The summed E-state index contributed by atoms with van der Waals surface area (Å²) in [5.74, 6) is -0.210. The summed E-state index contributed by atoms with van der Waals surface area (Å²) in [7, 11) is 2.05. The molecule has 0 fully saturated rings. The number of aromatic nitrogens is 1. The lowest BCUT2D eigenvalue weighted by Gasteiger charge is -1.97. The van der Waals surface area contributed by atoms with Gasteiger partial charge in [0, 0.05) is 0 Å². The van der Waals surface area contributed by atoms with E-state index in [1.54, 1.807) is 18.3 Å². The van der Waals surface area contributed by atoms with Crippen LogP contribution in [-0.2, 0) is 16.0 Å². The van der Waals surface area contributed by atoms with Gasteiger partial charge in [0.15, 0.2) is 0 Å². The minimum atomic E-state index is -0.210. The quantitative estimate of drug-likeness (QED) is 0.577. The van der Waals surface area contributed by atoms with Crippen molar-refractivity contribution in [3.05, 3.63) is 23.2 Å². The van der Waals surface area contributed by atoms with Gasteiger partial charge in [-0.3, -0.25) is 4.79 Å². The highest BCUT2D eigenvalue weighted by Gasteiger charge is 2.09. The maximum absolute atomic E-state index is 11.3. The molecule has 0 atom stereocenters. The molecule has 1 aromatic carbocycles. The number of hydrogen-bond donors (Lipinski definition) is 0. The van der Waals surface area contributed by atoms with Crippen LogP contribution in [0.3, 0.4) is 0 Å². The van der Waals surface area contributed by atoms with E-state index in [2.05, 4.69) is 11.1 Å². The molecule has 82 valence electrons. The van der Waals surface area contributed by atoms with E-state index in [4.69, 9.17) is 4.74 Å². The van der Waals surface area contributed by atoms with Gasteiger partial charge < -0.3 is 4.74 Å². The van der Waals surface area contributed by atoms with E-state index in [-0.39, 0.29) is 12.4 Å². The molecular weight excluding hydrogens is 221 g/mol. The largest absolute Gasteiger partial charge is 0.466 e. The zero-order chi connectivity index (χ0) is 11.5. The van der Waals surface area contributed by atoms with Gasteiger partial charge >= 0.3 is 5.97 Å². The topological polar surface area (TPSA) is 39.2 Å². The molecule has 0 saturated carbocycles. The van der Waals surface area contributed by atoms with E-state index in [0.29, 0.717) is 6.61 Å². The van der Waals surface area contributed by atoms with Crippen molar-refractivity contribution >= 4 is 40.8 Å². The smallest absolute Gasteiger partial charge is 0.312 e. The second-order valence-electron chi connectivity index (χ2n) is 3.56. The zero-order valence-corrected chi connectivity index (χ0v) is 10.1. The lowest BCUT2D eigenvalue weighted by Crippen LogP contribution is -2.06. The van der Waals surface area contributed by atoms with Crippen LogP contribution in [0.4, 0.5) is 0 Å². The Kier molecular flexibility index (Phi) is 3.24. The summed E-state index contributed by atoms with van der Waals surface area (Å²) >= 11 is 1.55. The molecule has 0 saturated heterocycles. The number of benzene rings is 1. The van der Waals surface area contributed by atoms with Crippen LogP contribution in [0.2, 0.25) is 0 Å². The van der Waals surface area contributed by atoms with E-state index in [9.17, 15) is 4.79 Å². The predicted octanol–water partition coefficient (Wildman–Crippen LogP) is 0.660. The van der Waals surface area contributed by atoms with Crippen LogP contribution in [-0.4, -0.2) is 25.4 Å². The number of fused-ring (bicyclic) bond motifs is 1. The molecule has 3 nitrogen and oxygen atoms in total. The molecule has 0 bridgehead atoms. The van der Waals surface area contributed by atoms with Gasteiger partial charge in [0.05, 0.1) is 23.2 Å². The van der Waals surface area contributed by atoms with Crippen LogP contribution in [0.5, 0.6) is 0 Å². The van der Waals surface area contributed by atoms with Crippen LogP contribution < -0.4 is 5.46 Å². The molecule has 1 aromatic heterocycles. The maximum Gasteiger partial charge on any atom is 0.312 e. The first-order chi connectivity index (χ1) is 7.69. The lowest BCUT2D eigenvalue weighted by molar-refractivity contribution is -0.142. The van der Waals surface area contributed by atoms with Gasteiger partial charge in [-0.25, -0.2) is 4.98 Å². The number of hydrogen-bond acceptors (Lipinski definition) is 4. The number of nitrogens with zero attached hydrogens (tertiary/aromatic N) is 1. The normalized spacial score (nSPS) is 10.6. The van der Waals surface area contributed by atoms with Gasteiger partial charge in [-0.1, -0.05) is 11.5 Å². The highest BCUT2D eigenvalue weighted by Crippen LogP contribution is 2.21. The molecule has 0 aliphatic rings. The molecule has 5 heteroatoms. The fourth-order valence-corrected chi connectivity index (χ4v) is 2.54. The van der Waals surface area contributed by atoms with Crippen LogP contribution in [0.25, 0.3) is 10.2 Å². The van der Waals surface area contributed by atoms with E-state index >= 15 is 0 Å². The molecule has 0 aliphatic carbocycles. The summed E-state index contributed by atoms with van der Waals surface area (Å²) in [6.07, 6.45) is 0.270. The first kappa shape index (κ1) is 11.1. The Morgan fingerprint density at radius 2 is 2.38 bits per heavy atom. The highest BCUT2D eigenvalue weighted by atomic mass is 32.1. The molecule has 2 aromatic rings. The molecule has 2 rings (SSSR count).